The Balaban J connectivity index is 1.30. The Labute approximate surface area is 173 Å². The average molecular weight is 411 g/mol. The van der Waals surface area contributed by atoms with Crippen molar-refractivity contribution >= 4 is 17.8 Å². The molecule has 2 fully saturated rings. The van der Waals surface area contributed by atoms with Gasteiger partial charge in [0.15, 0.2) is 0 Å². The number of carbonyl (C=O) groups excluding carboxylic acids is 3. The van der Waals surface area contributed by atoms with Crippen molar-refractivity contribution in [3.63, 3.8) is 0 Å². The normalized spacial score (nSPS) is 18.6. The van der Waals surface area contributed by atoms with Gasteiger partial charge in [-0.25, -0.2) is 9.18 Å². The first-order valence-electron chi connectivity index (χ1n) is 9.89. The zero-order valence-corrected chi connectivity index (χ0v) is 16.3. The lowest BCUT2D eigenvalue weighted by Crippen LogP contribution is -2.42. The minimum absolute atomic E-state index is 0.00518. The molecule has 0 bridgehead atoms. The van der Waals surface area contributed by atoms with E-state index in [-0.39, 0.29) is 36.2 Å². The molecule has 0 radical (unpaired) electrons. The first kappa shape index (κ1) is 19.9. The van der Waals surface area contributed by atoms with E-state index < -0.39 is 0 Å². The van der Waals surface area contributed by atoms with E-state index in [0.29, 0.717) is 43.9 Å². The van der Waals surface area contributed by atoms with Crippen LogP contribution in [0.1, 0.15) is 18.4 Å². The van der Waals surface area contributed by atoms with Gasteiger partial charge in [0, 0.05) is 19.5 Å². The molecule has 156 valence electrons. The summed E-state index contributed by atoms with van der Waals surface area (Å²) >= 11 is 0. The summed E-state index contributed by atoms with van der Waals surface area (Å²) in [5.41, 5.74) is 0.952. The summed E-state index contributed by atoms with van der Waals surface area (Å²) in [6.07, 6.45) is 1.47. The van der Waals surface area contributed by atoms with Crippen LogP contribution in [0, 0.1) is 5.82 Å². The third-order valence-electron chi connectivity index (χ3n) is 5.33. The molecule has 0 spiro atoms. The van der Waals surface area contributed by atoms with Crippen LogP contribution in [0.5, 0.6) is 11.5 Å². The molecule has 2 aliphatic rings. The Hall–Kier alpha value is -3.42. The van der Waals surface area contributed by atoms with Crippen LogP contribution in [0.3, 0.4) is 0 Å². The van der Waals surface area contributed by atoms with Crippen molar-refractivity contribution < 1.29 is 23.5 Å². The van der Waals surface area contributed by atoms with Crippen LogP contribution in [-0.4, -0.2) is 53.3 Å². The molecule has 30 heavy (non-hydrogen) atoms. The zero-order valence-electron chi connectivity index (χ0n) is 16.3. The monoisotopic (exact) mass is 411 g/mol. The van der Waals surface area contributed by atoms with Gasteiger partial charge in [-0.15, -0.1) is 0 Å². The van der Waals surface area contributed by atoms with Gasteiger partial charge in [-0.2, -0.15) is 0 Å². The summed E-state index contributed by atoms with van der Waals surface area (Å²) in [6.45, 7) is 0.944. The summed E-state index contributed by atoms with van der Waals surface area (Å²) < 4.78 is 18.7. The summed E-state index contributed by atoms with van der Waals surface area (Å²) in [5, 5.41) is 2.52. The Morgan fingerprint density at radius 2 is 1.93 bits per heavy atom. The van der Waals surface area contributed by atoms with Crippen LogP contribution in [0.4, 0.5) is 9.18 Å². The number of halogens is 1. The number of nitrogens with one attached hydrogen (secondary N) is 1. The fraction of sp³-hybridized carbons (Fsp3) is 0.318. The van der Waals surface area contributed by atoms with Crippen LogP contribution in [0.2, 0.25) is 0 Å². The first-order valence-corrected chi connectivity index (χ1v) is 9.89. The number of aryl methyl sites for hydroxylation is 1. The molecule has 0 saturated carbocycles. The molecule has 8 heteroatoms. The second kappa shape index (κ2) is 8.52. The summed E-state index contributed by atoms with van der Waals surface area (Å²) in [5.74, 6) is 0.583. The molecule has 4 amide bonds. The summed E-state index contributed by atoms with van der Waals surface area (Å²) in [4.78, 5) is 39.2. The van der Waals surface area contributed by atoms with E-state index in [4.69, 9.17) is 4.74 Å². The van der Waals surface area contributed by atoms with Crippen molar-refractivity contribution in [2.24, 2.45) is 0 Å². The SMILES string of the molecule is O=C(CCc1cccc(Oc2ccc(F)cc2)c1)N1CCC(N2C(=O)CNC2=O)C1. The molecule has 0 aliphatic carbocycles. The van der Waals surface area contributed by atoms with Crippen LogP contribution < -0.4 is 10.1 Å². The number of urea groups is 1. The predicted octanol–water partition coefficient (Wildman–Crippen LogP) is 2.70. The Kier molecular flexibility index (Phi) is 5.65. The molecule has 1 unspecified atom stereocenters. The highest BCUT2D eigenvalue weighted by Gasteiger charge is 2.39. The number of hydrogen-bond donors (Lipinski definition) is 1. The molecule has 1 atom stereocenters. The van der Waals surface area contributed by atoms with Crippen LogP contribution in [0.15, 0.2) is 48.5 Å². The van der Waals surface area contributed by atoms with Gasteiger partial charge >= 0.3 is 6.03 Å². The average Bonchev–Trinajstić information content (AvgIpc) is 3.34. The lowest BCUT2D eigenvalue weighted by Gasteiger charge is -2.21. The maximum atomic E-state index is 13.0. The number of benzene rings is 2. The maximum Gasteiger partial charge on any atom is 0.324 e. The number of likely N-dealkylation sites (tertiary alicyclic amines) is 1. The molecule has 2 aliphatic heterocycles. The summed E-state index contributed by atoms with van der Waals surface area (Å²) in [7, 11) is 0. The minimum Gasteiger partial charge on any atom is -0.457 e. The van der Waals surface area contributed by atoms with Gasteiger partial charge < -0.3 is 15.0 Å². The summed E-state index contributed by atoms with van der Waals surface area (Å²) in [6, 6.07) is 12.6. The lowest BCUT2D eigenvalue weighted by atomic mass is 10.1. The molecular formula is C22H22FN3O4. The minimum atomic E-state index is -0.378. The van der Waals surface area contributed by atoms with E-state index in [1.807, 2.05) is 18.2 Å². The predicted molar refractivity (Wildman–Crippen MR) is 106 cm³/mol. The largest absolute Gasteiger partial charge is 0.457 e. The van der Waals surface area contributed by atoms with E-state index in [1.54, 1.807) is 23.1 Å². The van der Waals surface area contributed by atoms with Crippen molar-refractivity contribution in [1.82, 2.24) is 15.1 Å². The zero-order chi connectivity index (χ0) is 21.1. The number of nitrogens with zero attached hydrogens (tertiary/aromatic N) is 2. The number of amides is 4. The van der Waals surface area contributed by atoms with Crippen molar-refractivity contribution in [3.05, 3.63) is 59.9 Å². The topological polar surface area (TPSA) is 79.0 Å². The third-order valence-corrected chi connectivity index (χ3v) is 5.33. The van der Waals surface area contributed by atoms with E-state index in [1.165, 1.54) is 17.0 Å². The quantitative estimate of drug-likeness (QED) is 0.742. The highest BCUT2D eigenvalue weighted by Crippen LogP contribution is 2.24. The van der Waals surface area contributed by atoms with Gasteiger partial charge in [-0.1, -0.05) is 12.1 Å². The lowest BCUT2D eigenvalue weighted by molar-refractivity contribution is -0.131. The van der Waals surface area contributed by atoms with Gasteiger partial charge in [0.05, 0.1) is 12.6 Å². The number of imide groups is 1. The molecular weight excluding hydrogens is 389 g/mol. The molecule has 2 aromatic rings. The third kappa shape index (κ3) is 4.42. The number of hydrogen-bond acceptors (Lipinski definition) is 4. The highest BCUT2D eigenvalue weighted by molar-refractivity contribution is 6.02. The van der Waals surface area contributed by atoms with Crippen molar-refractivity contribution in [2.45, 2.75) is 25.3 Å². The van der Waals surface area contributed by atoms with Gasteiger partial charge in [0.2, 0.25) is 11.8 Å². The molecule has 2 saturated heterocycles. The van der Waals surface area contributed by atoms with Crippen LogP contribution in [0.25, 0.3) is 0 Å². The fourth-order valence-electron chi connectivity index (χ4n) is 3.80. The van der Waals surface area contributed by atoms with E-state index >= 15 is 0 Å². The van der Waals surface area contributed by atoms with Crippen molar-refractivity contribution in [2.75, 3.05) is 19.6 Å². The van der Waals surface area contributed by atoms with E-state index in [9.17, 15) is 18.8 Å². The number of rotatable bonds is 6. The smallest absolute Gasteiger partial charge is 0.324 e. The molecule has 1 N–H and O–H groups in total. The van der Waals surface area contributed by atoms with Crippen molar-refractivity contribution in [3.8, 4) is 11.5 Å². The fourth-order valence-corrected chi connectivity index (χ4v) is 3.80. The second-order valence-electron chi connectivity index (χ2n) is 7.41. The van der Waals surface area contributed by atoms with Gasteiger partial charge in [0.25, 0.3) is 0 Å². The Morgan fingerprint density at radius 1 is 1.13 bits per heavy atom. The standard InChI is InChI=1S/C22H22FN3O4/c23-16-5-7-18(8-6-16)30-19-3-1-2-15(12-19)4-9-20(27)25-11-10-17(14-25)26-21(28)13-24-22(26)29/h1-3,5-8,12,17H,4,9-11,13-14H2,(H,24,29). The van der Waals surface area contributed by atoms with Crippen molar-refractivity contribution in [1.29, 1.82) is 0 Å². The Morgan fingerprint density at radius 3 is 2.67 bits per heavy atom. The number of carbonyl (C=O) groups is 3. The van der Waals surface area contributed by atoms with E-state index in [0.717, 1.165) is 5.56 Å². The van der Waals surface area contributed by atoms with Gasteiger partial charge in [-0.05, 0) is 54.8 Å². The second-order valence-corrected chi connectivity index (χ2v) is 7.41. The highest BCUT2D eigenvalue weighted by atomic mass is 19.1. The molecule has 4 rings (SSSR count). The maximum absolute atomic E-state index is 13.0. The van der Waals surface area contributed by atoms with Gasteiger partial charge in [0.1, 0.15) is 17.3 Å². The molecule has 0 aromatic heterocycles. The van der Waals surface area contributed by atoms with Gasteiger partial charge in [-0.3, -0.25) is 14.5 Å². The van der Waals surface area contributed by atoms with Crippen LogP contribution in [-0.2, 0) is 16.0 Å². The molecule has 7 nitrogen and oxygen atoms in total. The molecule has 2 heterocycles. The van der Waals surface area contributed by atoms with Crippen LogP contribution >= 0.6 is 0 Å². The Bertz CT molecular complexity index is 947. The first-order chi connectivity index (χ1) is 14.5. The number of ether oxygens (including phenoxy) is 1. The van der Waals surface area contributed by atoms with E-state index in [2.05, 4.69) is 5.32 Å². The molecule has 2 aromatic carbocycles.